The van der Waals surface area contributed by atoms with Gasteiger partial charge in [-0.05, 0) is 38.6 Å². The lowest BCUT2D eigenvalue weighted by atomic mass is 10.1. The molecule has 1 fully saturated rings. The van der Waals surface area contributed by atoms with Gasteiger partial charge in [-0.15, -0.1) is 0 Å². The van der Waals surface area contributed by atoms with Crippen molar-refractivity contribution in [3.05, 3.63) is 34.3 Å². The van der Waals surface area contributed by atoms with Crippen LogP contribution in [0.1, 0.15) is 19.4 Å². The van der Waals surface area contributed by atoms with Gasteiger partial charge in [-0.2, -0.15) is 0 Å². The van der Waals surface area contributed by atoms with Gasteiger partial charge >= 0.3 is 0 Å². The van der Waals surface area contributed by atoms with Gasteiger partial charge in [0.05, 0.1) is 0 Å². The summed E-state index contributed by atoms with van der Waals surface area (Å²) in [7, 11) is 2.23. The van der Waals surface area contributed by atoms with E-state index in [9.17, 15) is 0 Å². The summed E-state index contributed by atoms with van der Waals surface area (Å²) in [5.41, 5.74) is 1.40. The smallest absolute Gasteiger partial charge is 0.0235 e. The van der Waals surface area contributed by atoms with Crippen LogP contribution in [0.5, 0.6) is 0 Å². The van der Waals surface area contributed by atoms with Crippen LogP contribution in [-0.4, -0.2) is 42.0 Å². The van der Waals surface area contributed by atoms with Crippen LogP contribution in [0.25, 0.3) is 0 Å². The lowest BCUT2D eigenvalue weighted by Crippen LogP contribution is -2.54. The Morgan fingerprint density at radius 3 is 2.18 bits per heavy atom. The van der Waals surface area contributed by atoms with Crippen LogP contribution < -0.4 is 0 Å². The molecule has 1 aromatic carbocycles. The van der Waals surface area contributed by atoms with E-state index in [0.29, 0.717) is 12.1 Å². The van der Waals surface area contributed by atoms with E-state index in [2.05, 4.69) is 70.9 Å². The highest BCUT2D eigenvalue weighted by Crippen LogP contribution is 2.17. The van der Waals surface area contributed by atoms with Crippen LogP contribution in [0.15, 0.2) is 28.7 Å². The maximum atomic E-state index is 3.48. The van der Waals surface area contributed by atoms with Crippen molar-refractivity contribution < 1.29 is 0 Å². The molecule has 2 atom stereocenters. The molecule has 1 saturated heterocycles. The molecule has 2 nitrogen and oxygen atoms in total. The molecule has 0 aliphatic carbocycles. The molecule has 0 spiro atoms. The average Bonchev–Trinajstić information content (AvgIpc) is 2.29. The molecule has 0 radical (unpaired) electrons. The molecule has 1 aliphatic rings. The van der Waals surface area contributed by atoms with Crippen molar-refractivity contribution in [1.29, 1.82) is 0 Å². The van der Waals surface area contributed by atoms with Crippen molar-refractivity contribution in [2.24, 2.45) is 0 Å². The van der Waals surface area contributed by atoms with E-state index in [1.807, 2.05) is 0 Å². The van der Waals surface area contributed by atoms with Gasteiger partial charge in [-0.3, -0.25) is 9.80 Å². The monoisotopic (exact) mass is 296 g/mol. The molecule has 2 rings (SSSR count). The maximum absolute atomic E-state index is 3.48. The summed E-state index contributed by atoms with van der Waals surface area (Å²) in [5.74, 6) is 0. The number of likely N-dealkylation sites (N-methyl/N-ethyl adjacent to an activating group) is 1. The van der Waals surface area contributed by atoms with Gasteiger partial charge in [-0.25, -0.2) is 0 Å². The Balaban J connectivity index is 1.98. The zero-order valence-corrected chi connectivity index (χ0v) is 12.4. The molecule has 0 aromatic heterocycles. The van der Waals surface area contributed by atoms with Gasteiger partial charge in [0.1, 0.15) is 0 Å². The maximum Gasteiger partial charge on any atom is 0.0235 e. The molecule has 94 valence electrons. The fourth-order valence-corrected chi connectivity index (χ4v) is 2.76. The van der Waals surface area contributed by atoms with Gasteiger partial charge in [0, 0.05) is 36.2 Å². The third-order valence-electron chi connectivity index (χ3n) is 3.75. The fourth-order valence-electron chi connectivity index (χ4n) is 2.49. The van der Waals surface area contributed by atoms with Gasteiger partial charge in [-0.1, -0.05) is 28.1 Å². The molecule has 0 N–H and O–H groups in total. The number of benzene rings is 1. The number of hydrogen-bond acceptors (Lipinski definition) is 2. The van der Waals surface area contributed by atoms with E-state index in [1.54, 1.807) is 0 Å². The molecule has 0 saturated carbocycles. The minimum Gasteiger partial charge on any atom is -0.298 e. The lowest BCUT2D eigenvalue weighted by Gasteiger charge is -2.42. The SMILES string of the molecule is CC1CN(Cc2ccc(Br)cc2)CC(C)N1C. The lowest BCUT2D eigenvalue weighted by molar-refractivity contribution is 0.0556. The van der Waals surface area contributed by atoms with Crippen molar-refractivity contribution in [2.75, 3.05) is 20.1 Å². The normalized spacial score (nSPS) is 27.3. The van der Waals surface area contributed by atoms with Crippen LogP contribution in [0.2, 0.25) is 0 Å². The van der Waals surface area contributed by atoms with Gasteiger partial charge < -0.3 is 0 Å². The zero-order valence-electron chi connectivity index (χ0n) is 10.9. The summed E-state index contributed by atoms with van der Waals surface area (Å²) in [6.45, 7) is 8.01. The van der Waals surface area contributed by atoms with Crippen LogP contribution in [0.3, 0.4) is 0 Å². The van der Waals surface area contributed by atoms with Crippen LogP contribution in [0.4, 0.5) is 0 Å². The molecule has 3 heteroatoms. The van der Waals surface area contributed by atoms with Crippen molar-refractivity contribution >= 4 is 15.9 Å². The Hall–Kier alpha value is -0.380. The van der Waals surface area contributed by atoms with Crippen molar-refractivity contribution in [2.45, 2.75) is 32.5 Å². The second-order valence-corrected chi connectivity index (χ2v) is 6.10. The highest BCUT2D eigenvalue weighted by Gasteiger charge is 2.26. The van der Waals surface area contributed by atoms with Crippen molar-refractivity contribution in [1.82, 2.24) is 9.80 Å². The first-order valence-corrected chi connectivity index (χ1v) is 7.04. The number of piperazine rings is 1. The Bertz CT molecular complexity index is 351. The van der Waals surface area contributed by atoms with E-state index in [-0.39, 0.29) is 0 Å². The second kappa shape index (κ2) is 5.51. The zero-order chi connectivity index (χ0) is 12.4. The largest absolute Gasteiger partial charge is 0.298 e. The molecule has 0 bridgehead atoms. The molecule has 1 aromatic rings. The Morgan fingerprint density at radius 2 is 1.65 bits per heavy atom. The molecule has 2 unspecified atom stereocenters. The van der Waals surface area contributed by atoms with E-state index in [1.165, 1.54) is 5.56 Å². The summed E-state index contributed by atoms with van der Waals surface area (Å²) in [6, 6.07) is 9.95. The first-order chi connectivity index (χ1) is 8.06. The molecule has 0 amide bonds. The number of halogens is 1. The van der Waals surface area contributed by atoms with Crippen molar-refractivity contribution in [3.8, 4) is 0 Å². The standard InChI is InChI=1S/C14H21BrN2/c1-11-8-17(9-12(2)16(11)3)10-13-4-6-14(15)7-5-13/h4-7,11-12H,8-10H2,1-3H3. The summed E-state index contributed by atoms with van der Waals surface area (Å²) < 4.78 is 1.15. The molecule has 17 heavy (non-hydrogen) atoms. The number of nitrogens with zero attached hydrogens (tertiary/aromatic N) is 2. The summed E-state index contributed by atoms with van der Waals surface area (Å²) in [6.07, 6.45) is 0. The predicted molar refractivity (Wildman–Crippen MR) is 76.1 cm³/mol. The second-order valence-electron chi connectivity index (χ2n) is 5.18. The first-order valence-electron chi connectivity index (χ1n) is 6.25. The summed E-state index contributed by atoms with van der Waals surface area (Å²) in [5, 5.41) is 0. The topological polar surface area (TPSA) is 6.48 Å². The minimum absolute atomic E-state index is 0.647. The van der Waals surface area contributed by atoms with Gasteiger partial charge in [0.2, 0.25) is 0 Å². The van der Waals surface area contributed by atoms with Crippen LogP contribution in [0, 0.1) is 0 Å². The van der Waals surface area contributed by atoms with Gasteiger partial charge in [0.15, 0.2) is 0 Å². The molecular formula is C14H21BrN2. The first kappa shape index (κ1) is 13.1. The quantitative estimate of drug-likeness (QED) is 0.828. The Morgan fingerprint density at radius 1 is 1.12 bits per heavy atom. The van der Waals surface area contributed by atoms with E-state index < -0.39 is 0 Å². The minimum atomic E-state index is 0.647. The van der Waals surface area contributed by atoms with E-state index in [0.717, 1.165) is 24.1 Å². The average molecular weight is 297 g/mol. The van der Waals surface area contributed by atoms with Crippen LogP contribution >= 0.6 is 15.9 Å². The summed E-state index contributed by atoms with van der Waals surface area (Å²) in [4.78, 5) is 5.02. The molecular weight excluding hydrogens is 276 g/mol. The Labute approximate surface area is 113 Å². The highest BCUT2D eigenvalue weighted by atomic mass is 79.9. The third-order valence-corrected chi connectivity index (χ3v) is 4.28. The molecule has 1 heterocycles. The third kappa shape index (κ3) is 3.30. The van der Waals surface area contributed by atoms with Crippen LogP contribution in [-0.2, 0) is 6.54 Å². The molecule has 1 aliphatic heterocycles. The number of rotatable bonds is 2. The van der Waals surface area contributed by atoms with E-state index >= 15 is 0 Å². The Kier molecular flexibility index (Phi) is 4.23. The fraction of sp³-hybridized carbons (Fsp3) is 0.571. The number of hydrogen-bond donors (Lipinski definition) is 0. The van der Waals surface area contributed by atoms with Gasteiger partial charge in [0.25, 0.3) is 0 Å². The summed E-state index contributed by atoms with van der Waals surface area (Å²) >= 11 is 3.48. The van der Waals surface area contributed by atoms with Crippen molar-refractivity contribution in [3.63, 3.8) is 0 Å². The highest BCUT2D eigenvalue weighted by molar-refractivity contribution is 9.10. The van der Waals surface area contributed by atoms with E-state index in [4.69, 9.17) is 0 Å². The predicted octanol–water partition coefficient (Wildman–Crippen LogP) is 2.97.